The fraction of sp³-hybridized carbons (Fsp3) is 0.609. The lowest BCUT2D eigenvalue weighted by Crippen LogP contribution is -2.58. The third-order valence-electron chi connectivity index (χ3n) is 7.12. The first-order valence-corrected chi connectivity index (χ1v) is 10.9. The number of aliphatic hydroxyl groups is 1. The molecule has 160 valence electrons. The van der Waals surface area contributed by atoms with Gasteiger partial charge in [-0.15, -0.1) is 0 Å². The second-order valence-corrected chi connectivity index (χ2v) is 9.92. The van der Waals surface area contributed by atoms with Crippen molar-refractivity contribution in [2.75, 3.05) is 11.9 Å². The van der Waals surface area contributed by atoms with Gasteiger partial charge in [-0.25, -0.2) is 0 Å². The molecule has 0 radical (unpaired) electrons. The maximum absolute atomic E-state index is 12.9. The quantitative estimate of drug-likeness (QED) is 0.623. The Balaban J connectivity index is 1.17. The summed E-state index contributed by atoms with van der Waals surface area (Å²) in [4.78, 5) is 37.4. The molecule has 5 fully saturated rings. The van der Waals surface area contributed by atoms with Gasteiger partial charge in [0.15, 0.2) is 6.61 Å². The van der Waals surface area contributed by atoms with E-state index in [1.165, 1.54) is 0 Å². The maximum Gasteiger partial charge on any atom is 0.312 e. The molecule has 5 aliphatic rings. The van der Waals surface area contributed by atoms with Crippen LogP contribution in [0.3, 0.4) is 0 Å². The highest BCUT2D eigenvalue weighted by molar-refractivity contribution is 5.98. The van der Waals surface area contributed by atoms with Gasteiger partial charge in [0, 0.05) is 17.3 Å². The number of carbonyl (C=O) groups excluding carboxylic acids is 3. The van der Waals surface area contributed by atoms with Crippen LogP contribution in [0.15, 0.2) is 24.3 Å². The predicted molar refractivity (Wildman–Crippen MR) is 109 cm³/mol. The standard InChI is InChI=1S/C23H28N2O5/c26-19(24-18-3-1-2-16(7-18)20(27)25-17-4-5-17)12-30-21(28)22-8-14-6-15(9-22)11-23(29,10-14)13-22/h1-3,7,14-15,17,29H,4-6,8-13H2,(H,24,26)(H,25,27). The normalized spacial score (nSPS) is 33.8. The van der Waals surface area contributed by atoms with Crippen LogP contribution in [0.4, 0.5) is 5.69 Å². The van der Waals surface area contributed by atoms with Crippen molar-refractivity contribution in [3.63, 3.8) is 0 Å². The summed E-state index contributed by atoms with van der Waals surface area (Å²) in [5.74, 6) is -0.196. The highest BCUT2D eigenvalue weighted by Gasteiger charge is 2.60. The average molecular weight is 412 g/mol. The molecule has 0 spiro atoms. The molecule has 0 aliphatic heterocycles. The summed E-state index contributed by atoms with van der Waals surface area (Å²) < 4.78 is 5.40. The smallest absolute Gasteiger partial charge is 0.312 e. The number of esters is 1. The zero-order valence-corrected chi connectivity index (χ0v) is 17.0. The van der Waals surface area contributed by atoms with Gasteiger partial charge in [-0.2, -0.15) is 0 Å². The van der Waals surface area contributed by atoms with E-state index in [2.05, 4.69) is 10.6 Å². The zero-order valence-electron chi connectivity index (χ0n) is 17.0. The molecule has 5 saturated carbocycles. The molecule has 0 aromatic heterocycles. The summed E-state index contributed by atoms with van der Waals surface area (Å²) >= 11 is 0. The Morgan fingerprint density at radius 3 is 2.50 bits per heavy atom. The van der Waals surface area contributed by atoms with Crippen LogP contribution in [0.5, 0.6) is 0 Å². The molecule has 7 nitrogen and oxygen atoms in total. The minimum Gasteiger partial charge on any atom is -0.455 e. The van der Waals surface area contributed by atoms with Crippen molar-refractivity contribution in [1.29, 1.82) is 0 Å². The van der Waals surface area contributed by atoms with Crippen LogP contribution in [-0.2, 0) is 14.3 Å². The van der Waals surface area contributed by atoms with Gasteiger partial charge in [-0.3, -0.25) is 14.4 Å². The number of nitrogens with one attached hydrogen (secondary N) is 2. The van der Waals surface area contributed by atoms with Crippen LogP contribution in [0.1, 0.15) is 61.7 Å². The number of benzene rings is 1. The van der Waals surface area contributed by atoms with Gasteiger partial charge < -0.3 is 20.5 Å². The topological polar surface area (TPSA) is 105 Å². The van der Waals surface area contributed by atoms with E-state index in [9.17, 15) is 19.5 Å². The van der Waals surface area contributed by atoms with Crippen LogP contribution in [-0.4, -0.2) is 41.1 Å². The molecular weight excluding hydrogens is 384 g/mol. The Labute approximate surface area is 175 Å². The molecule has 0 saturated heterocycles. The highest BCUT2D eigenvalue weighted by Crippen LogP contribution is 2.61. The summed E-state index contributed by atoms with van der Waals surface area (Å²) in [5.41, 5.74) is -0.408. The molecular formula is C23H28N2O5. The Hall–Kier alpha value is -2.41. The van der Waals surface area contributed by atoms with Crippen molar-refractivity contribution in [3.8, 4) is 0 Å². The number of ether oxygens (including phenoxy) is 1. The molecule has 2 amide bonds. The monoisotopic (exact) mass is 412 g/mol. The van der Waals surface area contributed by atoms with Crippen molar-refractivity contribution in [1.82, 2.24) is 5.32 Å². The Kier molecular flexibility index (Phi) is 4.61. The van der Waals surface area contributed by atoms with E-state index >= 15 is 0 Å². The molecule has 7 heteroatoms. The number of carbonyl (C=O) groups is 3. The van der Waals surface area contributed by atoms with E-state index in [4.69, 9.17) is 4.74 Å². The molecule has 2 atom stereocenters. The molecule has 3 N–H and O–H groups in total. The molecule has 1 aromatic carbocycles. The van der Waals surface area contributed by atoms with Crippen LogP contribution < -0.4 is 10.6 Å². The summed E-state index contributed by atoms with van der Waals surface area (Å²) in [5, 5.41) is 16.4. The molecule has 1 aromatic rings. The fourth-order valence-electron chi connectivity index (χ4n) is 6.17. The van der Waals surface area contributed by atoms with E-state index in [0.717, 1.165) is 44.9 Å². The number of rotatable bonds is 6. The molecule has 0 heterocycles. The Morgan fingerprint density at radius 2 is 1.83 bits per heavy atom. The summed E-state index contributed by atoms with van der Waals surface area (Å²) in [7, 11) is 0. The van der Waals surface area contributed by atoms with Crippen LogP contribution in [0.2, 0.25) is 0 Å². The third kappa shape index (κ3) is 3.83. The lowest BCUT2D eigenvalue weighted by atomic mass is 9.48. The van der Waals surface area contributed by atoms with Gasteiger partial charge in [0.25, 0.3) is 11.8 Å². The lowest BCUT2D eigenvalue weighted by molar-refractivity contribution is -0.196. The average Bonchev–Trinajstić information content (AvgIpc) is 3.48. The lowest BCUT2D eigenvalue weighted by Gasteiger charge is -2.58. The van der Waals surface area contributed by atoms with Gasteiger partial charge in [-0.1, -0.05) is 6.07 Å². The minimum atomic E-state index is -0.743. The maximum atomic E-state index is 12.9. The fourth-order valence-corrected chi connectivity index (χ4v) is 6.17. The van der Waals surface area contributed by atoms with E-state index in [1.807, 2.05) is 0 Å². The Morgan fingerprint density at radius 1 is 1.10 bits per heavy atom. The Bertz CT molecular complexity index is 879. The van der Waals surface area contributed by atoms with Gasteiger partial charge in [0.05, 0.1) is 11.0 Å². The summed E-state index contributed by atoms with van der Waals surface area (Å²) in [6.45, 7) is -0.368. The molecule has 6 rings (SSSR count). The van der Waals surface area contributed by atoms with Crippen molar-refractivity contribution >= 4 is 23.5 Å². The number of anilines is 1. The molecule has 4 bridgehead atoms. The first-order chi connectivity index (χ1) is 14.3. The van der Waals surface area contributed by atoms with Crippen molar-refractivity contribution in [2.45, 2.75) is 63.0 Å². The largest absolute Gasteiger partial charge is 0.455 e. The minimum absolute atomic E-state index is 0.153. The van der Waals surface area contributed by atoms with E-state index < -0.39 is 16.9 Å². The van der Waals surface area contributed by atoms with Crippen LogP contribution in [0, 0.1) is 17.3 Å². The first kappa shape index (κ1) is 19.5. The number of hydrogen-bond acceptors (Lipinski definition) is 5. The summed E-state index contributed by atoms with van der Waals surface area (Å²) in [6.07, 6.45) is 6.62. The molecule has 5 aliphatic carbocycles. The van der Waals surface area contributed by atoms with Crippen LogP contribution in [0.25, 0.3) is 0 Å². The van der Waals surface area contributed by atoms with Gasteiger partial charge in [0.1, 0.15) is 0 Å². The van der Waals surface area contributed by atoms with E-state index in [-0.39, 0.29) is 24.5 Å². The highest BCUT2D eigenvalue weighted by atomic mass is 16.5. The van der Waals surface area contributed by atoms with Gasteiger partial charge in [-0.05, 0) is 81.4 Å². The van der Waals surface area contributed by atoms with E-state index in [1.54, 1.807) is 24.3 Å². The second kappa shape index (κ2) is 7.08. The van der Waals surface area contributed by atoms with Crippen molar-refractivity contribution in [2.24, 2.45) is 17.3 Å². The predicted octanol–water partition coefficient (Wildman–Crippen LogP) is 2.39. The van der Waals surface area contributed by atoms with Crippen molar-refractivity contribution < 1.29 is 24.2 Å². The van der Waals surface area contributed by atoms with E-state index in [0.29, 0.717) is 29.5 Å². The van der Waals surface area contributed by atoms with Crippen LogP contribution >= 0.6 is 0 Å². The first-order valence-electron chi connectivity index (χ1n) is 10.9. The second-order valence-electron chi connectivity index (χ2n) is 9.92. The summed E-state index contributed by atoms with van der Waals surface area (Å²) in [6, 6.07) is 6.98. The third-order valence-corrected chi connectivity index (χ3v) is 7.12. The van der Waals surface area contributed by atoms with Crippen molar-refractivity contribution in [3.05, 3.63) is 29.8 Å². The molecule has 2 unspecified atom stereocenters. The number of hydrogen-bond donors (Lipinski definition) is 3. The van der Waals surface area contributed by atoms with Gasteiger partial charge >= 0.3 is 5.97 Å². The SMILES string of the molecule is O=C(COC(=O)C12CC3CC(CC(O)(C3)C1)C2)Nc1cccc(C(=O)NC2CC2)c1. The van der Waals surface area contributed by atoms with Gasteiger partial charge in [0.2, 0.25) is 0 Å². The molecule has 30 heavy (non-hydrogen) atoms. The zero-order chi connectivity index (χ0) is 20.9. The number of amides is 2.